The van der Waals surface area contributed by atoms with Crippen molar-refractivity contribution in [3.63, 3.8) is 0 Å². The zero-order valence-electron chi connectivity index (χ0n) is 12.8. The molecular weight excluding hydrogens is 251 g/mol. The third-order valence-electron chi connectivity index (χ3n) is 4.80. The van der Waals surface area contributed by atoms with Crippen LogP contribution in [0.25, 0.3) is 0 Å². The van der Waals surface area contributed by atoms with E-state index in [1.807, 2.05) is 6.07 Å². The van der Waals surface area contributed by atoms with Gasteiger partial charge in [-0.1, -0.05) is 32.0 Å². The largest absolute Gasteiger partial charge is 0.324 e. The van der Waals surface area contributed by atoms with Gasteiger partial charge < -0.3 is 5.73 Å². The van der Waals surface area contributed by atoms with Crippen molar-refractivity contribution < 1.29 is 4.39 Å². The molecule has 1 aromatic rings. The van der Waals surface area contributed by atoms with Crippen molar-refractivity contribution in [2.75, 3.05) is 6.54 Å². The second kappa shape index (κ2) is 6.68. The average molecular weight is 278 g/mol. The summed E-state index contributed by atoms with van der Waals surface area (Å²) in [6.07, 6.45) is 3.73. The summed E-state index contributed by atoms with van der Waals surface area (Å²) in [6.45, 7) is 7.62. The van der Waals surface area contributed by atoms with Crippen LogP contribution in [0, 0.1) is 11.7 Å². The molecular formula is C17H27FN2. The van der Waals surface area contributed by atoms with Gasteiger partial charge in [0.25, 0.3) is 0 Å². The van der Waals surface area contributed by atoms with Crippen molar-refractivity contribution in [3.8, 4) is 0 Å². The van der Waals surface area contributed by atoms with Crippen LogP contribution in [0.2, 0.25) is 0 Å². The van der Waals surface area contributed by atoms with Gasteiger partial charge in [-0.2, -0.15) is 0 Å². The fourth-order valence-corrected chi connectivity index (χ4v) is 3.39. The third kappa shape index (κ3) is 3.21. The van der Waals surface area contributed by atoms with E-state index in [-0.39, 0.29) is 17.8 Å². The Labute approximate surface area is 122 Å². The minimum Gasteiger partial charge on any atom is -0.324 e. The van der Waals surface area contributed by atoms with Gasteiger partial charge in [0, 0.05) is 30.2 Å². The molecule has 3 heteroatoms. The zero-order chi connectivity index (χ0) is 14.7. The number of hydrogen-bond donors (Lipinski definition) is 1. The van der Waals surface area contributed by atoms with Crippen molar-refractivity contribution in [1.82, 2.24) is 4.90 Å². The van der Waals surface area contributed by atoms with E-state index in [0.29, 0.717) is 17.6 Å². The molecule has 2 rings (SSSR count). The Kier molecular flexibility index (Phi) is 5.17. The molecule has 4 atom stereocenters. The lowest BCUT2D eigenvalue weighted by molar-refractivity contribution is 0.161. The van der Waals surface area contributed by atoms with E-state index in [4.69, 9.17) is 5.73 Å². The van der Waals surface area contributed by atoms with E-state index in [0.717, 1.165) is 6.54 Å². The summed E-state index contributed by atoms with van der Waals surface area (Å²) in [6, 6.07) is 7.93. The first kappa shape index (κ1) is 15.5. The molecule has 20 heavy (non-hydrogen) atoms. The topological polar surface area (TPSA) is 29.3 Å². The van der Waals surface area contributed by atoms with Crippen LogP contribution in [0.5, 0.6) is 0 Å². The molecule has 1 aromatic carbocycles. The van der Waals surface area contributed by atoms with Crippen LogP contribution >= 0.6 is 0 Å². The Morgan fingerprint density at radius 2 is 2.05 bits per heavy atom. The Morgan fingerprint density at radius 1 is 1.35 bits per heavy atom. The third-order valence-corrected chi connectivity index (χ3v) is 4.80. The molecule has 2 N–H and O–H groups in total. The summed E-state index contributed by atoms with van der Waals surface area (Å²) < 4.78 is 13.8. The second-order valence-corrected chi connectivity index (χ2v) is 6.21. The molecule has 0 aliphatic carbocycles. The van der Waals surface area contributed by atoms with Gasteiger partial charge >= 0.3 is 0 Å². The predicted octanol–water partition coefficient (Wildman–Crippen LogP) is 3.72. The van der Waals surface area contributed by atoms with Gasteiger partial charge in [0.2, 0.25) is 0 Å². The Hall–Kier alpha value is -0.930. The van der Waals surface area contributed by atoms with E-state index in [1.165, 1.54) is 25.3 Å². The molecule has 4 unspecified atom stereocenters. The van der Waals surface area contributed by atoms with Crippen molar-refractivity contribution in [2.24, 2.45) is 11.7 Å². The van der Waals surface area contributed by atoms with Gasteiger partial charge in [0.15, 0.2) is 0 Å². The lowest BCUT2D eigenvalue weighted by atomic mass is 9.94. The summed E-state index contributed by atoms with van der Waals surface area (Å²) >= 11 is 0. The first-order chi connectivity index (χ1) is 9.54. The van der Waals surface area contributed by atoms with Gasteiger partial charge in [0.1, 0.15) is 5.82 Å². The fraction of sp³-hybridized carbons (Fsp3) is 0.647. The summed E-state index contributed by atoms with van der Waals surface area (Å²) in [7, 11) is 0. The molecule has 1 aliphatic heterocycles. The molecule has 0 amide bonds. The van der Waals surface area contributed by atoms with Crippen LogP contribution in [0.15, 0.2) is 24.3 Å². The minimum atomic E-state index is -0.235. The maximum absolute atomic E-state index is 13.8. The smallest absolute Gasteiger partial charge is 0.127 e. The van der Waals surface area contributed by atoms with E-state index >= 15 is 0 Å². The molecule has 0 bridgehead atoms. The molecule has 1 fully saturated rings. The van der Waals surface area contributed by atoms with E-state index in [2.05, 4.69) is 25.7 Å². The Balaban J connectivity index is 2.04. The highest BCUT2D eigenvalue weighted by atomic mass is 19.1. The Morgan fingerprint density at radius 3 is 2.70 bits per heavy atom. The standard InChI is InChI=1S/C17H27FN2/c1-4-14-10-9-13(3)20(14)11-12(2)17(19)15-7-5-6-8-16(15)18/h5-8,12-14,17H,4,9-11,19H2,1-3H3. The maximum atomic E-state index is 13.8. The SMILES string of the molecule is CCC1CCC(C)N1CC(C)C(N)c1ccccc1F. The van der Waals surface area contributed by atoms with Gasteiger partial charge in [-0.25, -0.2) is 4.39 Å². The normalized spacial score (nSPS) is 26.6. The minimum absolute atomic E-state index is 0.187. The number of nitrogens with zero attached hydrogens (tertiary/aromatic N) is 1. The molecule has 1 aliphatic rings. The number of halogens is 1. The van der Waals surface area contributed by atoms with Crippen molar-refractivity contribution in [1.29, 1.82) is 0 Å². The first-order valence-corrected chi connectivity index (χ1v) is 7.80. The van der Waals surface area contributed by atoms with Gasteiger partial charge in [-0.15, -0.1) is 0 Å². The lowest BCUT2D eigenvalue weighted by Gasteiger charge is -2.32. The van der Waals surface area contributed by atoms with E-state index in [1.54, 1.807) is 12.1 Å². The summed E-state index contributed by atoms with van der Waals surface area (Å²) in [5.41, 5.74) is 6.92. The molecule has 0 saturated carbocycles. The first-order valence-electron chi connectivity index (χ1n) is 7.80. The van der Waals surface area contributed by atoms with Crippen molar-refractivity contribution in [3.05, 3.63) is 35.6 Å². The van der Waals surface area contributed by atoms with Crippen LogP contribution in [0.1, 0.15) is 51.6 Å². The fourth-order valence-electron chi connectivity index (χ4n) is 3.39. The van der Waals surface area contributed by atoms with Crippen LogP contribution in [0.4, 0.5) is 4.39 Å². The average Bonchev–Trinajstić information content (AvgIpc) is 2.79. The second-order valence-electron chi connectivity index (χ2n) is 6.21. The van der Waals surface area contributed by atoms with Gasteiger partial charge in [-0.3, -0.25) is 4.90 Å². The van der Waals surface area contributed by atoms with Crippen LogP contribution in [0.3, 0.4) is 0 Å². The number of likely N-dealkylation sites (tertiary alicyclic amines) is 1. The van der Waals surface area contributed by atoms with E-state index in [9.17, 15) is 4.39 Å². The number of benzene rings is 1. The van der Waals surface area contributed by atoms with Crippen LogP contribution in [-0.2, 0) is 0 Å². The van der Waals surface area contributed by atoms with E-state index < -0.39 is 0 Å². The molecule has 2 nitrogen and oxygen atoms in total. The quantitative estimate of drug-likeness (QED) is 0.889. The zero-order valence-corrected chi connectivity index (χ0v) is 12.8. The van der Waals surface area contributed by atoms with Gasteiger partial charge in [-0.05, 0) is 38.2 Å². The maximum Gasteiger partial charge on any atom is 0.127 e. The summed E-state index contributed by atoms with van der Waals surface area (Å²) in [5.74, 6) is 0.0647. The number of nitrogens with two attached hydrogens (primary N) is 1. The van der Waals surface area contributed by atoms with Crippen LogP contribution in [-0.4, -0.2) is 23.5 Å². The van der Waals surface area contributed by atoms with Crippen LogP contribution < -0.4 is 5.73 Å². The highest BCUT2D eigenvalue weighted by Crippen LogP contribution is 2.30. The molecule has 1 saturated heterocycles. The predicted molar refractivity (Wildman–Crippen MR) is 82.0 cm³/mol. The summed E-state index contributed by atoms with van der Waals surface area (Å²) in [4.78, 5) is 2.56. The van der Waals surface area contributed by atoms with Crippen molar-refractivity contribution >= 4 is 0 Å². The molecule has 0 spiro atoms. The summed E-state index contributed by atoms with van der Waals surface area (Å²) in [5, 5.41) is 0. The monoisotopic (exact) mass is 278 g/mol. The Bertz CT molecular complexity index is 435. The highest BCUT2D eigenvalue weighted by Gasteiger charge is 2.31. The van der Waals surface area contributed by atoms with Gasteiger partial charge in [0.05, 0.1) is 0 Å². The number of hydrogen-bond acceptors (Lipinski definition) is 2. The lowest BCUT2D eigenvalue weighted by Crippen LogP contribution is -2.40. The molecule has 0 aromatic heterocycles. The molecule has 0 radical (unpaired) electrons. The highest BCUT2D eigenvalue weighted by molar-refractivity contribution is 5.21. The van der Waals surface area contributed by atoms with Crippen molar-refractivity contribution in [2.45, 2.75) is 58.2 Å². The molecule has 1 heterocycles. The molecule has 112 valence electrons. The number of rotatable bonds is 5.